The number of thioether (sulfide) groups is 1. The van der Waals surface area contributed by atoms with Crippen LogP contribution in [-0.4, -0.2) is 51.5 Å². The van der Waals surface area contributed by atoms with Crippen molar-refractivity contribution >= 4 is 17.7 Å². The van der Waals surface area contributed by atoms with Crippen molar-refractivity contribution in [2.45, 2.75) is 37.9 Å². The van der Waals surface area contributed by atoms with Crippen LogP contribution in [0, 0.1) is 0 Å². The fourth-order valence-electron chi connectivity index (χ4n) is 3.06. The third-order valence-electron chi connectivity index (χ3n) is 4.13. The largest absolute Gasteiger partial charge is 0.394 e. The van der Waals surface area contributed by atoms with Crippen molar-refractivity contribution in [1.82, 2.24) is 20.4 Å². The van der Waals surface area contributed by atoms with E-state index in [0.29, 0.717) is 6.54 Å². The SMILES string of the molecule is O=C(NC1CCCc2c1cnn2CCO)C1CSCCN1. The van der Waals surface area contributed by atoms with Gasteiger partial charge in [0, 0.05) is 29.3 Å². The first kappa shape index (κ1) is 14.9. The Morgan fingerprint density at radius 2 is 2.52 bits per heavy atom. The second-order valence-corrected chi connectivity index (χ2v) is 6.68. The Kier molecular flexibility index (Phi) is 4.82. The minimum Gasteiger partial charge on any atom is -0.394 e. The van der Waals surface area contributed by atoms with E-state index in [1.165, 1.54) is 0 Å². The number of fused-ring (bicyclic) bond motifs is 1. The molecule has 2 unspecified atom stereocenters. The lowest BCUT2D eigenvalue weighted by Gasteiger charge is -2.28. The van der Waals surface area contributed by atoms with Gasteiger partial charge in [0.2, 0.25) is 5.91 Å². The van der Waals surface area contributed by atoms with E-state index in [4.69, 9.17) is 5.11 Å². The Bertz CT molecular complexity index is 499. The van der Waals surface area contributed by atoms with Crippen LogP contribution in [-0.2, 0) is 17.8 Å². The minimum absolute atomic E-state index is 0.0578. The predicted octanol–water partition coefficient (Wildman–Crippen LogP) is 0.0740. The van der Waals surface area contributed by atoms with Crippen LogP contribution in [0.25, 0.3) is 0 Å². The summed E-state index contributed by atoms with van der Waals surface area (Å²) >= 11 is 1.82. The lowest BCUT2D eigenvalue weighted by atomic mass is 9.92. The van der Waals surface area contributed by atoms with Crippen molar-refractivity contribution in [2.75, 3.05) is 24.7 Å². The molecule has 2 atom stereocenters. The van der Waals surface area contributed by atoms with Crippen LogP contribution in [0.2, 0.25) is 0 Å². The summed E-state index contributed by atoms with van der Waals surface area (Å²) in [4.78, 5) is 12.4. The van der Waals surface area contributed by atoms with Crippen LogP contribution in [0.3, 0.4) is 0 Å². The number of amides is 1. The van der Waals surface area contributed by atoms with E-state index >= 15 is 0 Å². The van der Waals surface area contributed by atoms with Gasteiger partial charge in [0.1, 0.15) is 0 Å². The minimum atomic E-state index is -0.0818. The van der Waals surface area contributed by atoms with Crippen molar-refractivity contribution in [3.63, 3.8) is 0 Å². The second kappa shape index (κ2) is 6.81. The standard InChI is InChI=1S/C14H22N4O2S/c19-6-5-18-13-3-1-2-11(10(13)8-16-18)17-14(20)12-9-21-7-4-15-12/h8,11-12,15,19H,1-7,9H2,(H,17,20). The van der Waals surface area contributed by atoms with E-state index in [-0.39, 0.29) is 24.6 Å². The molecule has 1 amide bonds. The van der Waals surface area contributed by atoms with Crippen molar-refractivity contribution in [3.8, 4) is 0 Å². The average Bonchev–Trinajstić information content (AvgIpc) is 2.93. The summed E-state index contributed by atoms with van der Waals surface area (Å²) < 4.78 is 1.86. The molecule has 3 N–H and O–H groups in total. The zero-order chi connectivity index (χ0) is 14.7. The number of aliphatic hydroxyl groups is 1. The van der Waals surface area contributed by atoms with E-state index in [1.54, 1.807) is 0 Å². The van der Waals surface area contributed by atoms with Crippen LogP contribution in [0.5, 0.6) is 0 Å². The summed E-state index contributed by atoms with van der Waals surface area (Å²) in [6, 6.07) is -0.0240. The number of nitrogens with one attached hydrogen (secondary N) is 2. The molecule has 2 aliphatic rings. The van der Waals surface area contributed by atoms with Gasteiger partial charge in [-0.1, -0.05) is 0 Å². The molecule has 21 heavy (non-hydrogen) atoms. The smallest absolute Gasteiger partial charge is 0.238 e. The molecule has 3 rings (SSSR count). The van der Waals surface area contributed by atoms with Crippen LogP contribution in [0.1, 0.15) is 30.1 Å². The Morgan fingerprint density at radius 1 is 1.62 bits per heavy atom. The zero-order valence-corrected chi connectivity index (χ0v) is 12.9. The molecule has 0 radical (unpaired) electrons. The lowest BCUT2D eigenvalue weighted by molar-refractivity contribution is -0.123. The highest BCUT2D eigenvalue weighted by atomic mass is 32.2. The van der Waals surface area contributed by atoms with Crippen LogP contribution in [0.15, 0.2) is 6.20 Å². The van der Waals surface area contributed by atoms with Gasteiger partial charge in [-0.05, 0) is 19.3 Å². The maximum atomic E-state index is 12.4. The summed E-state index contributed by atoms with van der Waals surface area (Å²) in [6.07, 6.45) is 4.82. The normalized spacial score (nSPS) is 25.4. The highest BCUT2D eigenvalue weighted by molar-refractivity contribution is 7.99. The molecule has 1 aromatic rings. The van der Waals surface area contributed by atoms with Gasteiger partial charge in [-0.3, -0.25) is 9.48 Å². The molecule has 1 aliphatic carbocycles. The molecule has 2 heterocycles. The van der Waals surface area contributed by atoms with Gasteiger partial charge in [0.25, 0.3) is 0 Å². The van der Waals surface area contributed by atoms with Crippen LogP contribution in [0.4, 0.5) is 0 Å². The first-order valence-electron chi connectivity index (χ1n) is 7.56. The predicted molar refractivity (Wildman–Crippen MR) is 82.3 cm³/mol. The lowest BCUT2D eigenvalue weighted by Crippen LogP contribution is -2.50. The molecule has 1 aromatic heterocycles. The molecule has 7 heteroatoms. The van der Waals surface area contributed by atoms with Gasteiger partial charge < -0.3 is 15.7 Å². The Morgan fingerprint density at radius 3 is 3.29 bits per heavy atom. The van der Waals surface area contributed by atoms with Gasteiger partial charge in [0.15, 0.2) is 0 Å². The number of nitrogens with zero attached hydrogens (tertiary/aromatic N) is 2. The third-order valence-corrected chi connectivity index (χ3v) is 5.19. The van der Waals surface area contributed by atoms with E-state index in [0.717, 1.165) is 48.6 Å². The molecular weight excluding hydrogens is 288 g/mol. The van der Waals surface area contributed by atoms with Gasteiger partial charge in [-0.15, -0.1) is 0 Å². The highest BCUT2D eigenvalue weighted by Gasteiger charge is 2.28. The zero-order valence-electron chi connectivity index (χ0n) is 12.0. The highest BCUT2D eigenvalue weighted by Crippen LogP contribution is 2.29. The molecule has 0 bridgehead atoms. The van der Waals surface area contributed by atoms with E-state index in [9.17, 15) is 4.79 Å². The molecule has 1 saturated heterocycles. The first-order valence-corrected chi connectivity index (χ1v) is 8.72. The number of hydrogen-bond donors (Lipinski definition) is 3. The fraction of sp³-hybridized carbons (Fsp3) is 0.714. The van der Waals surface area contributed by atoms with Crippen LogP contribution < -0.4 is 10.6 Å². The monoisotopic (exact) mass is 310 g/mol. The van der Waals surface area contributed by atoms with Gasteiger partial charge in [0.05, 0.1) is 31.4 Å². The second-order valence-electron chi connectivity index (χ2n) is 5.53. The molecular formula is C14H22N4O2S. The number of carbonyl (C=O) groups excluding carboxylic acids is 1. The van der Waals surface area contributed by atoms with Crippen LogP contribution >= 0.6 is 11.8 Å². The maximum absolute atomic E-state index is 12.4. The summed E-state index contributed by atoms with van der Waals surface area (Å²) in [5, 5.41) is 19.9. The molecule has 116 valence electrons. The Labute approximate surface area is 128 Å². The van der Waals surface area contributed by atoms with E-state index in [1.807, 2.05) is 22.6 Å². The van der Waals surface area contributed by atoms with Crippen molar-refractivity contribution < 1.29 is 9.90 Å². The first-order chi connectivity index (χ1) is 10.3. The summed E-state index contributed by atoms with van der Waals surface area (Å²) in [7, 11) is 0. The molecule has 1 fully saturated rings. The molecule has 0 aromatic carbocycles. The summed E-state index contributed by atoms with van der Waals surface area (Å²) in [5.41, 5.74) is 2.28. The van der Waals surface area contributed by atoms with Crippen molar-refractivity contribution in [2.24, 2.45) is 0 Å². The van der Waals surface area contributed by atoms with Crippen molar-refractivity contribution in [1.29, 1.82) is 0 Å². The van der Waals surface area contributed by atoms with Gasteiger partial charge in [-0.25, -0.2) is 0 Å². The number of aromatic nitrogens is 2. The Balaban J connectivity index is 1.68. The third kappa shape index (κ3) is 3.25. The topological polar surface area (TPSA) is 79.2 Å². The summed E-state index contributed by atoms with van der Waals surface area (Å²) in [6.45, 7) is 1.51. The summed E-state index contributed by atoms with van der Waals surface area (Å²) in [5.74, 6) is 2.01. The van der Waals surface area contributed by atoms with Gasteiger partial charge in [-0.2, -0.15) is 16.9 Å². The number of rotatable bonds is 4. The molecule has 0 saturated carbocycles. The molecule has 6 nitrogen and oxygen atoms in total. The quantitative estimate of drug-likeness (QED) is 0.734. The Hall–Kier alpha value is -1.05. The van der Waals surface area contributed by atoms with Gasteiger partial charge >= 0.3 is 0 Å². The number of hydrogen-bond acceptors (Lipinski definition) is 5. The van der Waals surface area contributed by atoms with E-state index in [2.05, 4.69) is 15.7 Å². The molecule has 0 spiro atoms. The number of aliphatic hydroxyl groups excluding tert-OH is 1. The number of carbonyl (C=O) groups is 1. The molecule has 1 aliphatic heterocycles. The fourth-order valence-corrected chi connectivity index (χ4v) is 4.00. The average molecular weight is 310 g/mol. The maximum Gasteiger partial charge on any atom is 0.238 e. The van der Waals surface area contributed by atoms with Crippen molar-refractivity contribution in [3.05, 3.63) is 17.5 Å². The van der Waals surface area contributed by atoms with E-state index < -0.39 is 0 Å².